The molecule has 2 heterocycles. The number of hydrogen-bond donors (Lipinski definition) is 2. The van der Waals surface area contributed by atoms with E-state index in [0.29, 0.717) is 5.75 Å². The number of fused-ring (bicyclic) bond motifs is 1. The Bertz CT molecular complexity index is 446. The van der Waals surface area contributed by atoms with Crippen molar-refractivity contribution in [1.82, 2.24) is 4.90 Å². The number of nitrogens with zero attached hydrogens (tertiary/aromatic N) is 1. The minimum absolute atomic E-state index is 0.00227. The van der Waals surface area contributed by atoms with Crippen molar-refractivity contribution >= 4 is 23.6 Å². The van der Waals surface area contributed by atoms with Gasteiger partial charge in [0.1, 0.15) is 5.70 Å². The molecule has 0 saturated carbocycles. The van der Waals surface area contributed by atoms with Crippen LogP contribution in [0, 0.1) is 11.8 Å². The second-order valence-corrected chi connectivity index (χ2v) is 6.34. The molecule has 2 rings (SSSR count). The third-order valence-corrected chi connectivity index (χ3v) is 4.90. The monoisotopic (exact) mass is 285 g/mol. The van der Waals surface area contributed by atoms with Gasteiger partial charge in [-0.15, -0.1) is 0 Å². The number of carbonyl (C=O) groups is 2. The maximum absolute atomic E-state index is 12.0. The highest BCUT2D eigenvalue weighted by molar-refractivity contribution is 7.99. The molecule has 106 valence electrons. The molecular weight excluding hydrogens is 266 g/mol. The number of carbonyl (C=O) groups excluding carboxylic acids is 1. The molecule has 4 atom stereocenters. The van der Waals surface area contributed by atoms with Crippen molar-refractivity contribution in [3.8, 4) is 0 Å². The van der Waals surface area contributed by atoms with Crippen LogP contribution in [0.5, 0.6) is 0 Å². The molecule has 2 N–H and O–H groups in total. The van der Waals surface area contributed by atoms with Crippen molar-refractivity contribution in [2.75, 3.05) is 11.5 Å². The molecule has 2 aliphatic heterocycles. The van der Waals surface area contributed by atoms with Gasteiger partial charge in [-0.25, -0.2) is 4.79 Å². The zero-order valence-corrected chi connectivity index (χ0v) is 12.1. The van der Waals surface area contributed by atoms with Crippen LogP contribution in [0.4, 0.5) is 0 Å². The Kier molecular flexibility index (Phi) is 3.92. The van der Waals surface area contributed by atoms with Gasteiger partial charge in [-0.05, 0) is 18.2 Å². The molecule has 1 amide bonds. The summed E-state index contributed by atoms with van der Waals surface area (Å²) in [5, 5.41) is 19.0. The number of carboxylic acid groups (broad SMARTS) is 1. The van der Waals surface area contributed by atoms with E-state index in [4.69, 9.17) is 0 Å². The zero-order valence-electron chi connectivity index (χ0n) is 11.3. The topological polar surface area (TPSA) is 77.8 Å². The van der Waals surface area contributed by atoms with Crippen LogP contribution >= 0.6 is 11.8 Å². The Balaban J connectivity index is 2.32. The summed E-state index contributed by atoms with van der Waals surface area (Å²) in [6, 6.07) is -0.189. The van der Waals surface area contributed by atoms with E-state index in [1.54, 1.807) is 18.7 Å². The summed E-state index contributed by atoms with van der Waals surface area (Å²) in [5.41, 5.74) is 0.959. The van der Waals surface area contributed by atoms with Gasteiger partial charge in [-0.1, -0.05) is 13.8 Å². The van der Waals surface area contributed by atoms with E-state index < -0.39 is 18.0 Å². The van der Waals surface area contributed by atoms with E-state index in [9.17, 15) is 19.8 Å². The van der Waals surface area contributed by atoms with Gasteiger partial charge in [-0.2, -0.15) is 11.8 Å². The Labute approximate surface area is 116 Å². The molecular formula is C13H19NO4S. The number of carboxylic acids is 1. The summed E-state index contributed by atoms with van der Waals surface area (Å²) >= 11 is 1.65. The fourth-order valence-electron chi connectivity index (χ4n) is 3.05. The lowest BCUT2D eigenvalue weighted by Gasteiger charge is -2.46. The van der Waals surface area contributed by atoms with Gasteiger partial charge in [0.05, 0.1) is 18.1 Å². The molecule has 0 aromatic heterocycles. The molecule has 0 radical (unpaired) electrons. The Morgan fingerprint density at radius 1 is 1.53 bits per heavy atom. The molecule has 1 fully saturated rings. The molecule has 5 nitrogen and oxygen atoms in total. The van der Waals surface area contributed by atoms with E-state index in [0.717, 1.165) is 11.3 Å². The minimum Gasteiger partial charge on any atom is -0.477 e. The van der Waals surface area contributed by atoms with Crippen molar-refractivity contribution in [3.05, 3.63) is 11.3 Å². The van der Waals surface area contributed by atoms with E-state index in [1.807, 2.05) is 13.8 Å². The highest BCUT2D eigenvalue weighted by Gasteiger charge is 2.59. The van der Waals surface area contributed by atoms with Crippen LogP contribution in [0.25, 0.3) is 0 Å². The first-order chi connectivity index (χ1) is 8.91. The molecule has 0 spiro atoms. The fourth-order valence-corrected chi connectivity index (χ4v) is 3.87. The molecule has 0 aromatic carbocycles. The van der Waals surface area contributed by atoms with E-state index in [1.165, 1.54) is 4.90 Å². The van der Waals surface area contributed by atoms with Gasteiger partial charge in [0.2, 0.25) is 5.91 Å². The van der Waals surface area contributed by atoms with Gasteiger partial charge in [0.25, 0.3) is 0 Å². The molecule has 1 saturated heterocycles. The SMILES string of the molecule is CCSCC1=C(C(=O)O)N2C(=O)[C@H]([C@@H](C)O)[C@H]2[C@H]1C. The van der Waals surface area contributed by atoms with Crippen LogP contribution in [0.3, 0.4) is 0 Å². The highest BCUT2D eigenvalue weighted by Crippen LogP contribution is 2.47. The number of amides is 1. The predicted octanol–water partition coefficient (Wildman–Crippen LogP) is 0.936. The zero-order chi connectivity index (χ0) is 14.3. The number of thioether (sulfide) groups is 1. The standard InChI is InChI=1S/C13H19NO4S/c1-4-19-5-8-6(2)10-9(7(3)15)12(16)14(10)11(8)13(17)18/h6-7,9-10,15H,4-5H2,1-3H3,(H,17,18)/t6-,7+,9+,10+/m0/s1. The lowest BCUT2D eigenvalue weighted by molar-refractivity contribution is -0.163. The quantitative estimate of drug-likeness (QED) is 0.735. The first kappa shape index (κ1) is 14.4. The Morgan fingerprint density at radius 2 is 2.16 bits per heavy atom. The molecule has 0 bridgehead atoms. The maximum atomic E-state index is 12.0. The molecule has 6 heteroatoms. The van der Waals surface area contributed by atoms with Crippen LogP contribution in [-0.2, 0) is 9.59 Å². The first-order valence-corrected chi connectivity index (χ1v) is 7.62. The second kappa shape index (κ2) is 5.17. The summed E-state index contributed by atoms with van der Waals surface area (Å²) in [7, 11) is 0. The molecule has 2 aliphatic rings. The molecule has 19 heavy (non-hydrogen) atoms. The summed E-state index contributed by atoms with van der Waals surface area (Å²) in [6.45, 7) is 5.55. The van der Waals surface area contributed by atoms with Crippen LogP contribution < -0.4 is 0 Å². The molecule has 0 unspecified atom stereocenters. The lowest BCUT2D eigenvalue weighted by atomic mass is 9.78. The van der Waals surface area contributed by atoms with Crippen molar-refractivity contribution < 1.29 is 19.8 Å². The summed E-state index contributed by atoms with van der Waals surface area (Å²) in [5.74, 6) is -0.233. The van der Waals surface area contributed by atoms with E-state index >= 15 is 0 Å². The smallest absolute Gasteiger partial charge is 0.352 e. The highest BCUT2D eigenvalue weighted by atomic mass is 32.2. The van der Waals surface area contributed by atoms with Crippen LogP contribution in [0.1, 0.15) is 20.8 Å². The largest absolute Gasteiger partial charge is 0.477 e. The van der Waals surface area contributed by atoms with Crippen molar-refractivity contribution in [2.45, 2.75) is 32.9 Å². The average molecular weight is 285 g/mol. The first-order valence-electron chi connectivity index (χ1n) is 6.47. The number of hydrogen-bond acceptors (Lipinski definition) is 4. The fraction of sp³-hybridized carbons (Fsp3) is 0.692. The second-order valence-electron chi connectivity index (χ2n) is 5.07. The average Bonchev–Trinajstić information content (AvgIpc) is 2.56. The third kappa shape index (κ3) is 2.07. The van der Waals surface area contributed by atoms with E-state index in [2.05, 4.69) is 0 Å². The normalized spacial score (nSPS) is 31.3. The Morgan fingerprint density at radius 3 is 2.63 bits per heavy atom. The lowest BCUT2D eigenvalue weighted by Crippen LogP contribution is -2.63. The predicted molar refractivity (Wildman–Crippen MR) is 72.6 cm³/mol. The van der Waals surface area contributed by atoms with Crippen molar-refractivity contribution in [1.29, 1.82) is 0 Å². The number of aliphatic hydroxyl groups is 1. The van der Waals surface area contributed by atoms with Gasteiger partial charge in [0, 0.05) is 11.7 Å². The van der Waals surface area contributed by atoms with Crippen LogP contribution in [0.15, 0.2) is 11.3 Å². The minimum atomic E-state index is -1.04. The van der Waals surface area contributed by atoms with Crippen molar-refractivity contribution in [2.24, 2.45) is 11.8 Å². The van der Waals surface area contributed by atoms with Gasteiger partial charge in [0.15, 0.2) is 0 Å². The summed E-state index contributed by atoms with van der Waals surface area (Å²) in [6.07, 6.45) is -0.732. The number of aliphatic carboxylic acids is 1. The number of rotatable bonds is 5. The maximum Gasteiger partial charge on any atom is 0.352 e. The van der Waals surface area contributed by atoms with Gasteiger partial charge in [-0.3, -0.25) is 4.79 Å². The summed E-state index contributed by atoms with van der Waals surface area (Å²) < 4.78 is 0. The Hall–Kier alpha value is -1.01. The van der Waals surface area contributed by atoms with Crippen molar-refractivity contribution in [3.63, 3.8) is 0 Å². The van der Waals surface area contributed by atoms with E-state index in [-0.39, 0.29) is 23.6 Å². The van der Waals surface area contributed by atoms with Crippen LogP contribution in [-0.4, -0.2) is 50.6 Å². The summed E-state index contributed by atoms with van der Waals surface area (Å²) in [4.78, 5) is 24.8. The number of β-lactam (4-membered cyclic amide) rings is 1. The van der Waals surface area contributed by atoms with Gasteiger partial charge >= 0.3 is 5.97 Å². The molecule has 0 aliphatic carbocycles. The molecule has 0 aromatic rings. The third-order valence-electron chi connectivity index (χ3n) is 3.98. The van der Waals surface area contributed by atoms with Crippen LogP contribution in [0.2, 0.25) is 0 Å². The van der Waals surface area contributed by atoms with Gasteiger partial charge < -0.3 is 15.1 Å². The number of aliphatic hydroxyl groups excluding tert-OH is 1.